The van der Waals surface area contributed by atoms with Crippen molar-refractivity contribution in [2.75, 3.05) is 0 Å². The molecular formula is C15H13BrFNO. The Morgan fingerprint density at radius 1 is 1.16 bits per heavy atom. The number of hydrogen-bond donors (Lipinski definition) is 1. The third-order valence-electron chi connectivity index (χ3n) is 3.36. The third-order valence-corrected chi connectivity index (χ3v) is 3.86. The molecule has 1 unspecified atom stereocenters. The molecule has 0 amide bonds. The first-order valence-corrected chi connectivity index (χ1v) is 6.90. The number of fused-ring (bicyclic) bond motifs is 1. The van der Waals surface area contributed by atoms with Gasteiger partial charge in [-0.05, 0) is 18.2 Å². The number of hydrogen-bond acceptors (Lipinski definition) is 2. The van der Waals surface area contributed by atoms with E-state index in [1.54, 1.807) is 12.1 Å². The van der Waals surface area contributed by atoms with Crippen molar-refractivity contribution in [3.05, 3.63) is 63.9 Å². The van der Waals surface area contributed by atoms with Gasteiger partial charge in [0.1, 0.15) is 17.7 Å². The van der Waals surface area contributed by atoms with Gasteiger partial charge in [0.2, 0.25) is 0 Å². The summed E-state index contributed by atoms with van der Waals surface area (Å²) in [5.74, 6) is 0.472. The molecule has 2 aromatic carbocycles. The van der Waals surface area contributed by atoms with Crippen LogP contribution in [-0.4, -0.2) is 0 Å². The van der Waals surface area contributed by atoms with Crippen LogP contribution in [0, 0.1) is 5.82 Å². The molecular weight excluding hydrogens is 309 g/mol. The molecule has 1 heterocycles. The summed E-state index contributed by atoms with van der Waals surface area (Å²) in [5.41, 5.74) is 7.68. The maximum atomic E-state index is 13.8. The van der Waals surface area contributed by atoms with E-state index in [9.17, 15) is 4.39 Å². The van der Waals surface area contributed by atoms with Crippen LogP contribution in [0.25, 0.3) is 0 Å². The van der Waals surface area contributed by atoms with E-state index < -0.39 is 0 Å². The Bertz CT molecular complexity index is 617. The Kier molecular flexibility index (Phi) is 3.29. The van der Waals surface area contributed by atoms with Gasteiger partial charge in [0, 0.05) is 28.1 Å². The fourth-order valence-corrected chi connectivity index (χ4v) is 2.74. The Balaban J connectivity index is 1.99. The zero-order valence-corrected chi connectivity index (χ0v) is 11.7. The lowest BCUT2D eigenvalue weighted by atomic mass is 9.93. The van der Waals surface area contributed by atoms with Gasteiger partial charge < -0.3 is 10.5 Å². The normalized spacial score (nSPS) is 21.6. The minimum Gasteiger partial charge on any atom is -0.485 e. The summed E-state index contributed by atoms with van der Waals surface area (Å²) in [6.07, 6.45) is 0.244. The highest BCUT2D eigenvalue weighted by atomic mass is 79.9. The van der Waals surface area contributed by atoms with E-state index in [2.05, 4.69) is 15.9 Å². The summed E-state index contributed by atoms with van der Waals surface area (Å²) in [7, 11) is 0. The number of benzene rings is 2. The molecule has 4 heteroatoms. The van der Waals surface area contributed by atoms with Crippen molar-refractivity contribution >= 4 is 15.9 Å². The largest absolute Gasteiger partial charge is 0.485 e. The van der Waals surface area contributed by atoms with E-state index in [0.29, 0.717) is 12.0 Å². The first-order valence-electron chi connectivity index (χ1n) is 6.11. The Hall–Kier alpha value is -1.39. The summed E-state index contributed by atoms with van der Waals surface area (Å²) >= 11 is 3.41. The molecule has 0 saturated heterocycles. The number of rotatable bonds is 1. The van der Waals surface area contributed by atoms with Crippen LogP contribution in [0.5, 0.6) is 5.75 Å². The molecule has 2 N–H and O–H groups in total. The van der Waals surface area contributed by atoms with Crippen molar-refractivity contribution in [2.24, 2.45) is 5.73 Å². The van der Waals surface area contributed by atoms with E-state index in [4.69, 9.17) is 10.5 Å². The Morgan fingerprint density at radius 2 is 1.95 bits per heavy atom. The van der Waals surface area contributed by atoms with E-state index >= 15 is 0 Å². The molecule has 2 nitrogen and oxygen atoms in total. The smallest absolute Gasteiger partial charge is 0.130 e. The minimum atomic E-state index is -0.335. The van der Waals surface area contributed by atoms with Gasteiger partial charge in [-0.25, -0.2) is 4.39 Å². The molecule has 0 aromatic heterocycles. The average Bonchev–Trinajstić information content (AvgIpc) is 2.38. The van der Waals surface area contributed by atoms with Crippen LogP contribution < -0.4 is 10.5 Å². The Labute approximate surface area is 119 Å². The minimum absolute atomic E-state index is 0.138. The van der Waals surface area contributed by atoms with Crippen molar-refractivity contribution in [3.8, 4) is 5.75 Å². The number of halogens is 2. The van der Waals surface area contributed by atoms with E-state index in [-0.39, 0.29) is 18.0 Å². The van der Waals surface area contributed by atoms with Crippen LogP contribution >= 0.6 is 15.9 Å². The van der Waals surface area contributed by atoms with Gasteiger partial charge in [-0.2, -0.15) is 0 Å². The van der Waals surface area contributed by atoms with Gasteiger partial charge in [-0.15, -0.1) is 0 Å². The van der Waals surface area contributed by atoms with Crippen LogP contribution in [0.1, 0.15) is 29.7 Å². The SMILES string of the molecule is N[C@H]1CC(c2ccccc2F)Oc2cc(Br)ccc21. The van der Waals surface area contributed by atoms with Crippen LogP contribution in [0.4, 0.5) is 4.39 Å². The lowest BCUT2D eigenvalue weighted by Gasteiger charge is -2.30. The Morgan fingerprint density at radius 3 is 2.74 bits per heavy atom. The lowest BCUT2D eigenvalue weighted by molar-refractivity contribution is 0.157. The molecule has 2 aromatic rings. The monoisotopic (exact) mass is 321 g/mol. The standard InChI is InChI=1S/C15H13BrFNO/c16-9-5-6-11-13(18)8-15(19-14(11)7-9)10-3-1-2-4-12(10)17/h1-7,13,15H,8,18H2/t13-,15?/m0/s1. The predicted octanol–water partition coefficient (Wildman–Crippen LogP) is 4.11. The maximum Gasteiger partial charge on any atom is 0.130 e. The highest BCUT2D eigenvalue weighted by Gasteiger charge is 2.28. The van der Waals surface area contributed by atoms with Gasteiger partial charge >= 0.3 is 0 Å². The van der Waals surface area contributed by atoms with E-state index in [1.165, 1.54) is 6.07 Å². The van der Waals surface area contributed by atoms with E-state index in [0.717, 1.165) is 15.8 Å². The molecule has 19 heavy (non-hydrogen) atoms. The summed E-state index contributed by atoms with van der Waals surface area (Å²) in [6, 6.07) is 12.3. The quantitative estimate of drug-likeness (QED) is 0.857. The third kappa shape index (κ3) is 2.38. The second-order valence-electron chi connectivity index (χ2n) is 4.65. The van der Waals surface area contributed by atoms with Crippen molar-refractivity contribution < 1.29 is 9.13 Å². The maximum absolute atomic E-state index is 13.8. The molecule has 0 fully saturated rings. The summed E-state index contributed by atoms with van der Waals surface area (Å²) in [5, 5.41) is 0. The van der Waals surface area contributed by atoms with Crippen LogP contribution in [0.15, 0.2) is 46.9 Å². The van der Waals surface area contributed by atoms with E-state index in [1.807, 2.05) is 24.3 Å². The van der Waals surface area contributed by atoms with Gasteiger partial charge in [0.15, 0.2) is 0 Å². The zero-order valence-electron chi connectivity index (χ0n) is 10.1. The summed E-state index contributed by atoms with van der Waals surface area (Å²) in [6.45, 7) is 0. The topological polar surface area (TPSA) is 35.2 Å². The molecule has 1 aliphatic heterocycles. The van der Waals surface area contributed by atoms with Crippen molar-refractivity contribution in [2.45, 2.75) is 18.6 Å². The van der Waals surface area contributed by atoms with Gasteiger partial charge in [0.25, 0.3) is 0 Å². The van der Waals surface area contributed by atoms with Gasteiger partial charge in [-0.3, -0.25) is 0 Å². The average molecular weight is 322 g/mol. The number of ether oxygens (including phenoxy) is 1. The molecule has 0 spiro atoms. The summed E-state index contributed by atoms with van der Waals surface area (Å²) < 4.78 is 20.7. The van der Waals surface area contributed by atoms with Crippen LogP contribution in [-0.2, 0) is 0 Å². The molecule has 0 radical (unpaired) electrons. The van der Waals surface area contributed by atoms with Gasteiger partial charge in [-0.1, -0.05) is 40.2 Å². The second-order valence-corrected chi connectivity index (χ2v) is 5.57. The molecule has 0 aliphatic carbocycles. The van der Waals surface area contributed by atoms with Crippen molar-refractivity contribution in [1.29, 1.82) is 0 Å². The fourth-order valence-electron chi connectivity index (χ4n) is 2.40. The van der Waals surface area contributed by atoms with Crippen molar-refractivity contribution in [1.82, 2.24) is 0 Å². The predicted molar refractivity (Wildman–Crippen MR) is 75.5 cm³/mol. The first-order chi connectivity index (χ1) is 9.15. The van der Waals surface area contributed by atoms with Gasteiger partial charge in [0.05, 0.1) is 0 Å². The molecule has 0 saturated carbocycles. The highest BCUT2D eigenvalue weighted by molar-refractivity contribution is 9.10. The zero-order chi connectivity index (χ0) is 13.4. The fraction of sp³-hybridized carbons (Fsp3) is 0.200. The molecule has 98 valence electrons. The lowest BCUT2D eigenvalue weighted by Crippen LogP contribution is -2.24. The molecule has 0 bridgehead atoms. The first kappa shape index (κ1) is 12.6. The molecule has 2 atom stereocenters. The van der Waals surface area contributed by atoms with Crippen LogP contribution in [0.3, 0.4) is 0 Å². The van der Waals surface area contributed by atoms with Crippen molar-refractivity contribution in [3.63, 3.8) is 0 Å². The second kappa shape index (κ2) is 4.94. The molecule has 1 aliphatic rings. The van der Waals surface area contributed by atoms with Crippen LogP contribution in [0.2, 0.25) is 0 Å². The molecule has 3 rings (SSSR count). The highest BCUT2D eigenvalue weighted by Crippen LogP contribution is 2.41. The summed E-state index contributed by atoms with van der Waals surface area (Å²) in [4.78, 5) is 0. The number of nitrogens with two attached hydrogens (primary N) is 1.